The largest absolute Gasteiger partial charge is 0.397 e. The van der Waals surface area contributed by atoms with Crippen LogP contribution in [0, 0.1) is 0 Å². The van der Waals surface area contributed by atoms with Crippen molar-refractivity contribution in [1.82, 2.24) is 4.98 Å². The lowest BCUT2D eigenvalue weighted by molar-refractivity contribution is 0.0481. The fourth-order valence-electron chi connectivity index (χ4n) is 2.14. The van der Waals surface area contributed by atoms with E-state index in [1.165, 1.54) is 0 Å². The highest BCUT2D eigenvalue weighted by atomic mass is 16.3. The average molecular weight is 221 g/mol. The molecule has 1 aliphatic heterocycles. The maximum atomic E-state index is 10.0. The van der Waals surface area contributed by atoms with E-state index >= 15 is 0 Å². The standard InChI is InChI=1S/C12H19N3O/c1-12(16)3-2-5-15(6-4-12)11-7-10(13)8-14-9-11/h7-9,16H,2-6,13H2,1H3. The highest BCUT2D eigenvalue weighted by Gasteiger charge is 2.25. The van der Waals surface area contributed by atoms with Gasteiger partial charge in [-0.2, -0.15) is 0 Å². The van der Waals surface area contributed by atoms with Crippen LogP contribution >= 0.6 is 0 Å². The Balaban J connectivity index is 2.11. The summed E-state index contributed by atoms with van der Waals surface area (Å²) in [4.78, 5) is 6.34. The molecule has 3 N–H and O–H groups in total. The average Bonchev–Trinajstić information content (AvgIpc) is 2.39. The first-order valence-electron chi connectivity index (χ1n) is 5.75. The van der Waals surface area contributed by atoms with Crippen molar-refractivity contribution >= 4 is 11.4 Å². The molecule has 1 aromatic rings. The van der Waals surface area contributed by atoms with Crippen LogP contribution in [0.2, 0.25) is 0 Å². The zero-order chi connectivity index (χ0) is 11.6. The Hall–Kier alpha value is -1.29. The second-order valence-corrected chi connectivity index (χ2v) is 4.81. The van der Waals surface area contributed by atoms with Gasteiger partial charge >= 0.3 is 0 Å². The fourth-order valence-corrected chi connectivity index (χ4v) is 2.14. The van der Waals surface area contributed by atoms with Gasteiger partial charge in [0.25, 0.3) is 0 Å². The number of nitrogen functional groups attached to an aromatic ring is 1. The summed E-state index contributed by atoms with van der Waals surface area (Å²) in [5, 5.41) is 10.0. The van der Waals surface area contributed by atoms with Crippen LogP contribution in [0.5, 0.6) is 0 Å². The third kappa shape index (κ3) is 2.64. The summed E-state index contributed by atoms with van der Waals surface area (Å²) in [6.45, 7) is 3.73. The number of nitrogens with two attached hydrogens (primary N) is 1. The summed E-state index contributed by atoms with van der Waals surface area (Å²) < 4.78 is 0. The topological polar surface area (TPSA) is 62.4 Å². The third-order valence-corrected chi connectivity index (χ3v) is 3.17. The van der Waals surface area contributed by atoms with Gasteiger partial charge < -0.3 is 15.7 Å². The summed E-state index contributed by atoms with van der Waals surface area (Å²) >= 11 is 0. The van der Waals surface area contributed by atoms with Crippen LogP contribution in [-0.4, -0.2) is 28.8 Å². The number of anilines is 2. The smallest absolute Gasteiger partial charge is 0.0637 e. The van der Waals surface area contributed by atoms with Crippen molar-refractivity contribution in [2.45, 2.75) is 31.8 Å². The van der Waals surface area contributed by atoms with Crippen LogP contribution < -0.4 is 10.6 Å². The van der Waals surface area contributed by atoms with E-state index in [0.717, 1.165) is 38.0 Å². The van der Waals surface area contributed by atoms with Crippen molar-refractivity contribution in [3.8, 4) is 0 Å². The van der Waals surface area contributed by atoms with Crippen LogP contribution in [0.3, 0.4) is 0 Å². The molecule has 1 unspecified atom stereocenters. The summed E-state index contributed by atoms with van der Waals surface area (Å²) in [7, 11) is 0. The molecule has 1 fully saturated rings. The number of rotatable bonds is 1. The molecule has 0 radical (unpaired) electrons. The SMILES string of the molecule is CC1(O)CCCN(c2cncc(N)c2)CC1. The van der Waals surface area contributed by atoms with Crippen LogP contribution in [0.25, 0.3) is 0 Å². The summed E-state index contributed by atoms with van der Waals surface area (Å²) in [5.41, 5.74) is 6.94. The Bertz CT molecular complexity index is 365. The lowest BCUT2D eigenvalue weighted by Gasteiger charge is -2.24. The summed E-state index contributed by atoms with van der Waals surface area (Å²) in [5.74, 6) is 0. The van der Waals surface area contributed by atoms with Gasteiger partial charge in [-0.1, -0.05) is 0 Å². The first-order chi connectivity index (χ1) is 7.57. The Morgan fingerprint density at radius 1 is 1.38 bits per heavy atom. The molecule has 4 heteroatoms. The van der Waals surface area contributed by atoms with Gasteiger partial charge in [-0.05, 0) is 32.3 Å². The molecule has 0 saturated carbocycles. The van der Waals surface area contributed by atoms with E-state index in [9.17, 15) is 5.11 Å². The van der Waals surface area contributed by atoms with Gasteiger partial charge in [0.1, 0.15) is 0 Å². The lowest BCUT2D eigenvalue weighted by atomic mass is 9.98. The lowest BCUT2D eigenvalue weighted by Crippen LogP contribution is -2.28. The fraction of sp³-hybridized carbons (Fsp3) is 0.583. The van der Waals surface area contributed by atoms with Crippen molar-refractivity contribution < 1.29 is 5.11 Å². The minimum atomic E-state index is -0.525. The Labute approximate surface area is 96.1 Å². The molecule has 0 aromatic carbocycles. The van der Waals surface area contributed by atoms with Gasteiger partial charge in [-0.25, -0.2) is 0 Å². The van der Waals surface area contributed by atoms with E-state index in [1.54, 1.807) is 6.20 Å². The quantitative estimate of drug-likeness (QED) is 0.752. The van der Waals surface area contributed by atoms with Gasteiger partial charge in [0.2, 0.25) is 0 Å². The molecule has 88 valence electrons. The first-order valence-corrected chi connectivity index (χ1v) is 5.75. The van der Waals surface area contributed by atoms with Gasteiger partial charge in [-0.3, -0.25) is 4.98 Å². The molecule has 1 aromatic heterocycles. The molecule has 0 spiro atoms. The van der Waals surface area contributed by atoms with Crippen molar-refractivity contribution in [3.05, 3.63) is 18.5 Å². The van der Waals surface area contributed by atoms with E-state index in [1.807, 2.05) is 19.2 Å². The minimum Gasteiger partial charge on any atom is -0.397 e. The second kappa shape index (κ2) is 4.29. The molecule has 1 aliphatic rings. The predicted octanol–water partition coefficient (Wildman–Crippen LogP) is 1.41. The third-order valence-electron chi connectivity index (χ3n) is 3.17. The van der Waals surface area contributed by atoms with Gasteiger partial charge in [0, 0.05) is 19.3 Å². The molecule has 2 rings (SSSR count). The molecule has 4 nitrogen and oxygen atoms in total. The zero-order valence-corrected chi connectivity index (χ0v) is 9.69. The van der Waals surface area contributed by atoms with Crippen molar-refractivity contribution in [3.63, 3.8) is 0 Å². The zero-order valence-electron chi connectivity index (χ0n) is 9.69. The Kier molecular flexibility index (Phi) is 3.01. The molecule has 1 saturated heterocycles. The molecule has 16 heavy (non-hydrogen) atoms. The van der Waals surface area contributed by atoms with Gasteiger partial charge in [0.05, 0.1) is 23.2 Å². The van der Waals surface area contributed by atoms with E-state index in [-0.39, 0.29) is 0 Å². The molecule has 0 amide bonds. The second-order valence-electron chi connectivity index (χ2n) is 4.81. The summed E-state index contributed by atoms with van der Waals surface area (Å²) in [6, 6.07) is 1.94. The van der Waals surface area contributed by atoms with E-state index in [4.69, 9.17) is 5.73 Å². The van der Waals surface area contributed by atoms with Crippen molar-refractivity contribution in [2.24, 2.45) is 0 Å². The maximum absolute atomic E-state index is 10.0. The number of hydrogen-bond donors (Lipinski definition) is 2. The van der Waals surface area contributed by atoms with Gasteiger partial charge in [-0.15, -0.1) is 0 Å². The summed E-state index contributed by atoms with van der Waals surface area (Å²) in [6.07, 6.45) is 6.14. The van der Waals surface area contributed by atoms with Gasteiger partial charge in [0.15, 0.2) is 0 Å². The van der Waals surface area contributed by atoms with Crippen LogP contribution in [0.1, 0.15) is 26.2 Å². The van der Waals surface area contributed by atoms with E-state index in [0.29, 0.717) is 5.69 Å². The minimum absolute atomic E-state index is 0.525. The number of hydrogen-bond acceptors (Lipinski definition) is 4. The maximum Gasteiger partial charge on any atom is 0.0637 e. The number of pyridine rings is 1. The van der Waals surface area contributed by atoms with Crippen LogP contribution in [-0.2, 0) is 0 Å². The first kappa shape index (κ1) is 11.2. The van der Waals surface area contributed by atoms with Crippen LogP contribution in [0.15, 0.2) is 18.5 Å². The number of nitrogens with zero attached hydrogens (tertiary/aromatic N) is 2. The normalized spacial score (nSPS) is 26.5. The molecule has 1 atom stereocenters. The number of aliphatic hydroxyl groups is 1. The molecule has 0 aliphatic carbocycles. The highest BCUT2D eigenvalue weighted by Crippen LogP contribution is 2.25. The molecule has 0 bridgehead atoms. The molecule has 2 heterocycles. The van der Waals surface area contributed by atoms with E-state index in [2.05, 4.69) is 9.88 Å². The molecular weight excluding hydrogens is 202 g/mol. The molecular formula is C12H19N3O. The van der Waals surface area contributed by atoms with Crippen molar-refractivity contribution in [2.75, 3.05) is 23.7 Å². The Morgan fingerprint density at radius 2 is 2.19 bits per heavy atom. The Morgan fingerprint density at radius 3 is 2.94 bits per heavy atom. The predicted molar refractivity (Wildman–Crippen MR) is 65.3 cm³/mol. The number of aromatic nitrogens is 1. The van der Waals surface area contributed by atoms with Crippen molar-refractivity contribution in [1.29, 1.82) is 0 Å². The van der Waals surface area contributed by atoms with E-state index < -0.39 is 5.60 Å². The van der Waals surface area contributed by atoms with Crippen LogP contribution in [0.4, 0.5) is 11.4 Å². The highest BCUT2D eigenvalue weighted by molar-refractivity contribution is 5.53. The monoisotopic (exact) mass is 221 g/mol.